The zero-order valence-electron chi connectivity index (χ0n) is 31.6. The first-order chi connectivity index (χ1) is 26.4. The molecule has 0 aromatic heterocycles. The van der Waals surface area contributed by atoms with Crippen LogP contribution in [0.1, 0.15) is 68.7 Å². The molecular weight excluding hydrogens is 764 g/mol. The normalized spacial score (nSPS) is 13.2. The minimum absolute atomic E-state index is 0.0390. The second-order valence-electron chi connectivity index (χ2n) is 13.1. The third-order valence-corrected chi connectivity index (χ3v) is 10.8. The van der Waals surface area contributed by atoms with E-state index in [4.69, 9.17) is 20.4 Å². The van der Waals surface area contributed by atoms with Crippen LogP contribution in [0.2, 0.25) is 0 Å². The average Bonchev–Trinajstić information content (AvgIpc) is 3.13. The van der Waals surface area contributed by atoms with Gasteiger partial charge in [-0.25, -0.2) is 31.6 Å². The summed E-state index contributed by atoms with van der Waals surface area (Å²) < 4.78 is 92.8. The maximum Gasteiger partial charge on any atom is 0.490 e. The summed E-state index contributed by atoms with van der Waals surface area (Å²) in [5.74, 6) is -5.94. The lowest BCUT2D eigenvalue weighted by molar-refractivity contribution is -0.192. The number of nitrogens with two attached hydrogens (primary N) is 1. The van der Waals surface area contributed by atoms with E-state index in [1.54, 1.807) is 0 Å². The number of esters is 1. The van der Waals surface area contributed by atoms with Gasteiger partial charge in [0.05, 0.1) is 11.0 Å². The van der Waals surface area contributed by atoms with Crippen LogP contribution in [0.15, 0.2) is 72.8 Å². The summed E-state index contributed by atoms with van der Waals surface area (Å²) in [6.45, 7) is 6.44. The van der Waals surface area contributed by atoms with Gasteiger partial charge in [-0.05, 0) is 60.1 Å². The van der Waals surface area contributed by atoms with Gasteiger partial charge in [-0.2, -0.15) is 13.2 Å². The summed E-state index contributed by atoms with van der Waals surface area (Å²) in [5, 5.41) is 14.9. The molecule has 3 aromatic rings. The van der Waals surface area contributed by atoms with Gasteiger partial charge in [-0.1, -0.05) is 88.2 Å². The van der Waals surface area contributed by atoms with Crippen LogP contribution in [0.5, 0.6) is 0 Å². The molecule has 11 nitrogen and oxygen atoms in total. The molecule has 56 heavy (non-hydrogen) atoms. The third-order valence-electron chi connectivity index (χ3n) is 8.47. The van der Waals surface area contributed by atoms with Crippen molar-refractivity contribution in [2.24, 2.45) is 5.73 Å². The summed E-state index contributed by atoms with van der Waals surface area (Å²) in [7, 11) is -3.85. The number of rotatable bonds is 20. The first-order valence-electron chi connectivity index (χ1n) is 18.2. The highest BCUT2D eigenvalue weighted by Gasteiger charge is 2.38. The Morgan fingerprint density at radius 2 is 1.39 bits per heavy atom. The Kier molecular flexibility index (Phi) is 19.9. The standard InChI is InChI=1S/C37H50F2N4O5S.C2HF3O2/c1-4-11-32(12-5-2)49(46,47)25-34(43-37(45)42-23-27-13-8-7-9-14-27)36(44)48-35(24-41-22-28-16-10-15-26(6-3)17-28)33(40)20-29-18-30(38)21-31(39)19-29;3-2(4,5)1(6)7/h7-10,13-19,21,32-35,41H,4-6,11-12,20,22-25,40H2,1-3H3,(H2,42,43,45);(H,6,7)/t33-,34-,35+;/m0./s1. The van der Waals surface area contributed by atoms with Gasteiger partial charge in [-0.3, -0.25) is 0 Å². The van der Waals surface area contributed by atoms with E-state index in [-0.39, 0.29) is 25.1 Å². The van der Waals surface area contributed by atoms with Crippen LogP contribution in [-0.4, -0.2) is 73.4 Å². The Balaban J connectivity index is 0.00000141. The van der Waals surface area contributed by atoms with Crippen LogP contribution in [0, 0.1) is 11.6 Å². The fourth-order valence-electron chi connectivity index (χ4n) is 5.63. The molecule has 0 unspecified atom stereocenters. The lowest BCUT2D eigenvalue weighted by atomic mass is 10.0. The number of urea groups is 1. The van der Waals surface area contributed by atoms with Gasteiger partial charge < -0.3 is 31.5 Å². The van der Waals surface area contributed by atoms with Crippen LogP contribution >= 0.6 is 0 Å². The number of hydrogen-bond acceptors (Lipinski definition) is 8. The number of benzene rings is 3. The fraction of sp³-hybridized carbons (Fsp3) is 0.462. The summed E-state index contributed by atoms with van der Waals surface area (Å²) >= 11 is 0. The highest BCUT2D eigenvalue weighted by molar-refractivity contribution is 7.92. The maximum atomic E-state index is 14.0. The van der Waals surface area contributed by atoms with E-state index in [9.17, 15) is 40.0 Å². The predicted molar refractivity (Wildman–Crippen MR) is 202 cm³/mol. The van der Waals surface area contributed by atoms with Crippen molar-refractivity contribution in [1.29, 1.82) is 0 Å². The van der Waals surface area contributed by atoms with Gasteiger partial charge >= 0.3 is 24.1 Å². The number of carbonyl (C=O) groups is 3. The van der Waals surface area contributed by atoms with Crippen molar-refractivity contribution in [2.75, 3.05) is 12.3 Å². The predicted octanol–water partition coefficient (Wildman–Crippen LogP) is 5.98. The van der Waals surface area contributed by atoms with E-state index in [2.05, 4.69) is 22.9 Å². The van der Waals surface area contributed by atoms with Gasteiger partial charge in [0.1, 0.15) is 23.8 Å². The molecule has 0 saturated heterocycles. The van der Waals surface area contributed by atoms with Crippen molar-refractivity contribution >= 4 is 27.8 Å². The number of carbonyl (C=O) groups excluding carboxylic acids is 2. The largest absolute Gasteiger partial charge is 0.490 e. The number of alkyl halides is 3. The first kappa shape index (κ1) is 47.5. The van der Waals surface area contributed by atoms with Crippen LogP contribution in [-0.2, 0) is 50.1 Å². The van der Waals surface area contributed by atoms with Gasteiger partial charge in [0, 0.05) is 31.7 Å². The van der Waals surface area contributed by atoms with Crippen molar-refractivity contribution in [1.82, 2.24) is 16.0 Å². The lowest BCUT2D eigenvalue weighted by Crippen LogP contribution is -2.54. The van der Waals surface area contributed by atoms with Crippen LogP contribution in [0.25, 0.3) is 0 Å². The second-order valence-corrected chi connectivity index (χ2v) is 15.4. The molecule has 6 N–H and O–H groups in total. The summed E-state index contributed by atoms with van der Waals surface area (Å²) in [5.41, 5.74) is 9.73. The smallest absolute Gasteiger partial charge is 0.475 e. The van der Waals surface area contributed by atoms with Crippen molar-refractivity contribution < 1.29 is 54.6 Å². The SMILES string of the molecule is CCCC(CCC)S(=O)(=O)C[C@H](NC(=O)NCc1ccccc1)C(=O)O[C@H](CNCc1cccc(CC)c1)[C@@H](N)Cc1cc(F)cc(F)c1.O=C(O)C(F)(F)F. The number of amides is 2. The fourth-order valence-corrected chi connectivity index (χ4v) is 7.78. The Hall–Kier alpha value is -4.61. The number of halogens is 5. The van der Waals surface area contributed by atoms with Crippen LogP contribution in [0.4, 0.5) is 26.7 Å². The van der Waals surface area contributed by atoms with E-state index in [0.29, 0.717) is 32.2 Å². The van der Waals surface area contributed by atoms with Gasteiger partial charge in [-0.15, -0.1) is 0 Å². The van der Waals surface area contributed by atoms with Gasteiger partial charge in [0.15, 0.2) is 9.84 Å². The van der Waals surface area contributed by atoms with Crippen LogP contribution in [0.3, 0.4) is 0 Å². The number of hydrogen-bond donors (Lipinski definition) is 5. The Morgan fingerprint density at radius 1 is 0.821 bits per heavy atom. The molecule has 2 amide bonds. The molecule has 0 aliphatic heterocycles. The van der Waals surface area contributed by atoms with Crippen molar-refractivity contribution in [3.05, 3.63) is 107 Å². The number of carboxylic acids is 1. The van der Waals surface area contributed by atoms with Gasteiger partial charge in [0.2, 0.25) is 0 Å². The number of aliphatic carboxylic acids is 1. The second kappa shape index (κ2) is 23.5. The zero-order chi connectivity index (χ0) is 41.9. The molecule has 0 saturated carbocycles. The Morgan fingerprint density at radius 3 is 1.95 bits per heavy atom. The monoisotopic (exact) mass is 814 g/mol. The summed E-state index contributed by atoms with van der Waals surface area (Å²) in [6, 6.07) is 16.9. The number of ether oxygens (including phenoxy) is 1. The van der Waals surface area contributed by atoms with Crippen molar-refractivity contribution in [3.63, 3.8) is 0 Å². The van der Waals surface area contributed by atoms with E-state index in [1.165, 1.54) is 0 Å². The zero-order valence-corrected chi connectivity index (χ0v) is 32.4. The highest BCUT2D eigenvalue weighted by atomic mass is 32.2. The number of aryl methyl sites for hydroxylation is 1. The quantitative estimate of drug-likeness (QED) is 0.0678. The van der Waals surface area contributed by atoms with E-state index < -0.39 is 74.8 Å². The highest BCUT2D eigenvalue weighted by Crippen LogP contribution is 2.19. The number of nitrogens with one attached hydrogen (secondary N) is 3. The molecular formula is C39H51F5N4O7S. The summed E-state index contributed by atoms with van der Waals surface area (Å²) in [4.78, 5) is 35.7. The average molecular weight is 815 g/mol. The topological polar surface area (TPSA) is 177 Å². The van der Waals surface area contributed by atoms with E-state index in [1.807, 2.05) is 68.4 Å². The van der Waals surface area contributed by atoms with E-state index >= 15 is 0 Å². The lowest BCUT2D eigenvalue weighted by Gasteiger charge is -2.28. The Labute approximate surface area is 324 Å². The molecule has 0 heterocycles. The molecule has 0 aliphatic carbocycles. The molecule has 3 aromatic carbocycles. The molecule has 0 fully saturated rings. The number of carboxylic acid groups (broad SMARTS) is 1. The van der Waals surface area contributed by atoms with Crippen molar-refractivity contribution in [3.8, 4) is 0 Å². The molecule has 3 rings (SSSR count). The van der Waals surface area contributed by atoms with Crippen LogP contribution < -0.4 is 21.7 Å². The molecule has 0 spiro atoms. The number of sulfone groups is 1. The first-order valence-corrected chi connectivity index (χ1v) is 19.9. The summed E-state index contributed by atoms with van der Waals surface area (Å²) in [6.07, 6.45) is -3.21. The molecule has 17 heteroatoms. The van der Waals surface area contributed by atoms with Gasteiger partial charge in [0.25, 0.3) is 0 Å². The molecule has 0 radical (unpaired) electrons. The minimum atomic E-state index is -5.08. The maximum absolute atomic E-state index is 14.0. The Bertz CT molecular complexity index is 1770. The molecule has 0 aliphatic rings. The molecule has 3 atom stereocenters. The van der Waals surface area contributed by atoms with E-state index in [0.717, 1.165) is 41.3 Å². The molecule has 0 bridgehead atoms. The molecule has 310 valence electrons. The van der Waals surface area contributed by atoms with Crippen molar-refractivity contribution in [2.45, 2.75) is 102 Å². The minimum Gasteiger partial charge on any atom is -0.475 e. The third kappa shape index (κ3) is 17.5.